The maximum atomic E-state index is 11.7. The maximum Gasteiger partial charge on any atom is 0.225 e. The van der Waals surface area contributed by atoms with Gasteiger partial charge in [-0.1, -0.05) is 0 Å². The Labute approximate surface area is 79.0 Å². The summed E-state index contributed by atoms with van der Waals surface area (Å²) in [6, 6.07) is 0. The van der Waals surface area contributed by atoms with Gasteiger partial charge in [-0.05, 0) is 24.7 Å². The molecule has 0 aromatic carbocycles. The maximum absolute atomic E-state index is 11.7. The van der Waals surface area contributed by atoms with E-state index in [-0.39, 0.29) is 0 Å². The second-order valence-electron chi connectivity index (χ2n) is 4.46. The van der Waals surface area contributed by atoms with Crippen molar-refractivity contribution in [2.45, 2.75) is 19.3 Å². The zero-order valence-electron chi connectivity index (χ0n) is 8.38. The van der Waals surface area contributed by atoms with Crippen molar-refractivity contribution in [1.82, 2.24) is 4.90 Å². The second kappa shape index (κ2) is 2.98. The van der Waals surface area contributed by atoms with Gasteiger partial charge in [-0.2, -0.15) is 0 Å². The predicted octanol–water partition coefficient (Wildman–Crippen LogP) is 0.891. The standard InChI is InChI=1S/C10H17NO2/c1-11(2)9(12)8-7-10(8)3-5-13-6-4-10/h8H,3-7H2,1-2H3. The summed E-state index contributed by atoms with van der Waals surface area (Å²) in [6.07, 6.45) is 3.25. The van der Waals surface area contributed by atoms with E-state index in [0.29, 0.717) is 17.2 Å². The molecule has 2 aliphatic rings. The number of rotatable bonds is 1. The fraction of sp³-hybridized carbons (Fsp3) is 0.900. The summed E-state index contributed by atoms with van der Waals surface area (Å²) in [5.74, 6) is 0.605. The van der Waals surface area contributed by atoms with E-state index in [1.54, 1.807) is 4.90 Å². The van der Waals surface area contributed by atoms with E-state index in [9.17, 15) is 4.79 Å². The molecule has 1 unspecified atom stereocenters. The number of hydrogen-bond donors (Lipinski definition) is 0. The van der Waals surface area contributed by atoms with Gasteiger partial charge in [-0.25, -0.2) is 0 Å². The van der Waals surface area contributed by atoms with Crippen LogP contribution in [0.2, 0.25) is 0 Å². The van der Waals surface area contributed by atoms with Crippen molar-refractivity contribution in [2.24, 2.45) is 11.3 Å². The van der Waals surface area contributed by atoms with Crippen LogP contribution in [-0.4, -0.2) is 38.1 Å². The molecular weight excluding hydrogens is 166 g/mol. The lowest BCUT2D eigenvalue weighted by atomic mass is 9.93. The topological polar surface area (TPSA) is 29.5 Å². The monoisotopic (exact) mass is 183 g/mol. The minimum absolute atomic E-state index is 0.298. The Morgan fingerprint density at radius 1 is 1.38 bits per heavy atom. The van der Waals surface area contributed by atoms with Crippen LogP contribution in [-0.2, 0) is 9.53 Å². The van der Waals surface area contributed by atoms with Crippen molar-refractivity contribution >= 4 is 5.91 Å². The molecule has 0 N–H and O–H groups in total. The van der Waals surface area contributed by atoms with E-state index in [0.717, 1.165) is 32.5 Å². The van der Waals surface area contributed by atoms with Crippen LogP contribution in [0.4, 0.5) is 0 Å². The summed E-state index contributed by atoms with van der Waals surface area (Å²) in [4.78, 5) is 13.4. The summed E-state index contributed by atoms with van der Waals surface area (Å²) in [6.45, 7) is 1.69. The molecule has 1 saturated heterocycles. The number of hydrogen-bond acceptors (Lipinski definition) is 2. The highest BCUT2D eigenvalue weighted by atomic mass is 16.5. The first-order valence-electron chi connectivity index (χ1n) is 4.95. The summed E-state index contributed by atoms with van der Waals surface area (Å²) in [7, 11) is 3.68. The molecule has 74 valence electrons. The smallest absolute Gasteiger partial charge is 0.225 e. The molecule has 3 heteroatoms. The first kappa shape index (κ1) is 9.00. The van der Waals surface area contributed by atoms with Gasteiger partial charge in [0.2, 0.25) is 5.91 Å². The Morgan fingerprint density at radius 2 is 2.00 bits per heavy atom. The van der Waals surface area contributed by atoms with Gasteiger partial charge in [0, 0.05) is 33.2 Å². The third-order valence-corrected chi connectivity index (χ3v) is 3.42. The van der Waals surface area contributed by atoms with Gasteiger partial charge >= 0.3 is 0 Å². The Hall–Kier alpha value is -0.570. The largest absolute Gasteiger partial charge is 0.381 e. The quantitative estimate of drug-likeness (QED) is 0.604. The molecule has 3 nitrogen and oxygen atoms in total. The van der Waals surface area contributed by atoms with Crippen LogP contribution in [0.1, 0.15) is 19.3 Å². The molecule has 1 atom stereocenters. The Kier molecular flexibility index (Phi) is 2.06. The lowest BCUT2D eigenvalue weighted by molar-refractivity contribution is -0.131. The first-order chi connectivity index (χ1) is 6.16. The Bertz CT molecular complexity index is 219. The molecule has 1 aliphatic heterocycles. The summed E-state index contributed by atoms with van der Waals surface area (Å²) in [5.41, 5.74) is 0.333. The van der Waals surface area contributed by atoms with Crippen molar-refractivity contribution in [3.8, 4) is 0 Å². The predicted molar refractivity (Wildman–Crippen MR) is 49.3 cm³/mol. The van der Waals surface area contributed by atoms with Crippen LogP contribution >= 0.6 is 0 Å². The molecule has 1 amide bonds. The second-order valence-corrected chi connectivity index (χ2v) is 4.46. The minimum Gasteiger partial charge on any atom is -0.381 e. The fourth-order valence-corrected chi connectivity index (χ4v) is 2.34. The van der Waals surface area contributed by atoms with Crippen LogP contribution in [0.5, 0.6) is 0 Å². The molecule has 13 heavy (non-hydrogen) atoms. The molecule has 0 bridgehead atoms. The zero-order valence-corrected chi connectivity index (χ0v) is 8.38. The molecular formula is C10H17NO2. The number of carbonyl (C=O) groups is 1. The van der Waals surface area contributed by atoms with Crippen LogP contribution in [0.3, 0.4) is 0 Å². The summed E-state index contributed by atoms with van der Waals surface area (Å²) < 4.78 is 5.31. The van der Waals surface area contributed by atoms with Gasteiger partial charge < -0.3 is 9.64 Å². The van der Waals surface area contributed by atoms with Crippen molar-refractivity contribution < 1.29 is 9.53 Å². The van der Waals surface area contributed by atoms with Crippen molar-refractivity contribution in [3.05, 3.63) is 0 Å². The summed E-state index contributed by atoms with van der Waals surface area (Å²) in [5, 5.41) is 0. The lowest BCUT2D eigenvalue weighted by Gasteiger charge is -2.23. The molecule has 0 aromatic heterocycles. The van der Waals surface area contributed by atoms with Crippen molar-refractivity contribution in [3.63, 3.8) is 0 Å². The van der Waals surface area contributed by atoms with E-state index in [4.69, 9.17) is 4.74 Å². The van der Waals surface area contributed by atoms with Gasteiger partial charge in [0.1, 0.15) is 0 Å². The van der Waals surface area contributed by atoms with Gasteiger partial charge in [-0.15, -0.1) is 0 Å². The Balaban J connectivity index is 1.96. The molecule has 1 saturated carbocycles. The number of ether oxygens (including phenoxy) is 1. The van der Waals surface area contributed by atoms with E-state index >= 15 is 0 Å². The number of amides is 1. The van der Waals surface area contributed by atoms with E-state index in [1.165, 1.54) is 0 Å². The lowest BCUT2D eigenvalue weighted by Crippen LogP contribution is -2.28. The first-order valence-corrected chi connectivity index (χ1v) is 4.95. The van der Waals surface area contributed by atoms with Gasteiger partial charge in [0.15, 0.2) is 0 Å². The van der Waals surface area contributed by atoms with Gasteiger partial charge in [-0.3, -0.25) is 4.79 Å². The van der Waals surface area contributed by atoms with Crippen LogP contribution in [0.15, 0.2) is 0 Å². The fourth-order valence-electron chi connectivity index (χ4n) is 2.34. The van der Waals surface area contributed by atoms with E-state index in [2.05, 4.69) is 0 Å². The van der Waals surface area contributed by atoms with E-state index in [1.807, 2.05) is 14.1 Å². The van der Waals surface area contributed by atoms with Crippen molar-refractivity contribution in [1.29, 1.82) is 0 Å². The highest BCUT2D eigenvalue weighted by Crippen LogP contribution is 2.59. The average Bonchev–Trinajstić information content (AvgIpc) is 2.79. The SMILES string of the molecule is CN(C)C(=O)C1CC12CCOCC2. The average molecular weight is 183 g/mol. The van der Waals surface area contributed by atoms with Gasteiger partial charge in [0.25, 0.3) is 0 Å². The summed E-state index contributed by atoms with van der Waals surface area (Å²) >= 11 is 0. The molecule has 1 heterocycles. The van der Waals surface area contributed by atoms with Crippen LogP contribution < -0.4 is 0 Å². The van der Waals surface area contributed by atoms with Crippen LogP contribution in [0, 0.1) is 11.3 Å². The highest BCUT2D eigenvalue weighted by molar-refractivity contribution is 5.82. The molecule has 1 aliphatic carbocycles. The van der Waals surface area contributed by atoms with E-state index < -0.39 is 0 Å². The molecule has 2 rings (SSSR count). The third kappa shape index (κ3) is 1.46. The number of nitrogens with zero attached hydrogens (tertiary/aromatic N) is 1. The normalized spacial score (nSPS) is 30.2. The molecule has 1 spiro atoms. The molecule has 2 fully saturated rings. The minimum atomic E-state index is 0.298. The zero-order chi connectivity index (χ0) is 9.47. The van der Waals surface area contributed by atoms with Crippen LogP contribution in [0.25, 0.3) is 0 Å². The number of carbonyl (C=O) groups excluding carboxylic acids is 1. The van der Waals surface area contributed by atoms with Gasteiger partial charge in [0.05, 0.1) is 0 Å². The van der Waals surface area contributed by atoms with Crippen molar-refractivity contribution in [2.75, 3.05) is 27.3 Å². The Morgan fingerprint density at radius 3 is 2.54 bits per heavy atom. The highest BCUT2D eigenvalue weighted by Gasteiger charge is 2.58. The third-order valence-electron chi connectivity index (χ3n) is 3.42. The molecule has 0 aromatic rings. The molecule has 0 radical (unpaired) electrons.